The van der Waals surface area contributed by atoms with Gasteiger partial charge in [-0.1, -0.05) is 49.9 Å². The number of ether oxygens (including phenoxy) is 2. The molecule has 0 unspecified atom stereocenters. The number of nitrogens with one attached hydrogen (secondary N) is 1. The quantitative estimate of drug-likeness (QED) is 0.283. The number of hydrogen-bond acceptors (Lipinski definition) is 6. The summed E-state index contributed by atoms with van der Waals surface area (Å²) in [6.45, 7) is 4.80. The summed E-state index contributed by atoms with van der Waals surface area (Å²) in [7, 11) is 3.29. The first kappa shape index (κ1) is 25.3. The minimum Gasteiger partial charge on any atom is -0.497 e. The summed E-state index contributed by atoms with van der Waals surface area (Å²) >= 11 is 1.56. The molecule has 7 nitrogen and oxygen atoms in total. The highest BCUT2D eigenvalue weighted by Crippen LogP contribution is 2.31. The standard InChI is InChI=1S/C28H30N4O3S/c1-19(2)17-29-27(33)22-9-5-7-20(15-22)18-36-28-31-30-26(21-8-6-10-25(16-21)35-4)32(28)23-11-13-24(34-3)14-12-23/h5-16,19H,17-18H2,1-4H3,(H,29,33). The Balaban J connectivity index is 1.63. The number of carbonyl (C=O) groups is 1. The minimum atomic E-state index is -0.0581. The molecule has 1 amide bonds. The van der Waals surface area contributed by atoms with Gasteiger partial charge in [-0.2, -0.15) is 0 Å². The Morgan fingerprint density at radius 3 is 2.42 bits per heavy atom. The largest absolute Gasteiger partial charge is 0.497 e. The first-order valence-electron chi connectivity index (χ1n) is 11.7. The van der Waals surface area contributed by atoms with Crippen molar-refractivity contribution in [1.82, 2.24) is 20.1 Å². The Morgan fingerprint density at radius 2 is 1.69 bits per heavy atom. The Kier molecular flexibility index (Phi) is 8.28. The first-order valence-corrected chi connectivity index (χ1v) is 12.7. The van der Waals surface area contributed by atoms with Gasteiger partial charge in [0, 0.05) is 29.1 Å². The van der Waals surface area contributed by atoms with E-state index in [4.69, 9.17) is 9.47 Å². The summed E-state index contributed by atoms with van der Waals surface area (Å²) in [6, 6.07) is 23.3. The SMILES string of the molecule is COc1ccc(-n2c(SCc3cccc(C(=O)NCC(C)C)c3)nnc2-c2cccc(OC)c2)cc1. The van der Waals surface area contributed by atoms with Crippen LogP contribution in [0.15, 0.2) is 78.0 Å². The molecule has 0 aliphatic carbocycles. The van der Waals surface area contributed by atoms with Gasteiger partial charge in [0.1, 0.15) is 11.5 Å². The zero-order valence-corrected chi connectivity index (χ0v) is 21.7. The van der Waals surface area contributed by atoms with Crippen LogP contribution in [0.1, 0.15) is 29.8 Å². The van der Waals surface area contributed by atoms with Crippen LogP contribution in [-0.4, -0.2) is 41.4 Å². The molecule has 1 N–H and O–H groups in total. The number of hydrogen-bond donors (Lipinski definition) is 1. The van der Waals surface area contributed by atoms with Gasteiger partial charge >= 0.3 is 0 Å². The maximum Gasteiger partial charge on any atom is 0.251 e. The van der Waals surface area contributed by atoms with Crippen molar-refractivity contribution >= 4 is 17.7 Å². The molecular formula is C28H30N4O3S. The van der Waals surface area contributed by atoms with E-state index >= 15 is 0 Å². The third-order valence-electron chi connectivity index (χ3n) is 5.52. The second-order valence-corrected chi connectivity index (χ2v) is 9.61. The number of carbonyl (C=O) groups excluding carboxylic acids is 1. The van der Waals surface area contributed by atoms with Crippen LogP contribution in [0.3, 0.4) is 0 Å². The van der Waals surface area contributed by atoms with E-state index in [-0.39, 0.29) is 5.91 Å². The monoisotopic (exact) mass is 502 g/mol. The lowest BCUT2D eigenvalue weighted by molar-refractivity contribution is 0.0949. The van der Waals surface area contributed by atoms with Gasteiger partial charge in [0.25, 0.3) is 5.91 Å². The number of nitrogens with zero attached hydrogens (tertiary/aromatic N) is 3. The highest BCUT2D eigenvalue weighted by atomic mass is 32.2. The summed E-state index contributed by atoms with van der Waals surface area (Å²) in [6.07, 6.45) is 0. The summed E-state index contributed by atoms with van der Waals surface area (Å²) < 4.78 is 12.8. The van der Waals surface area contributed by atoms with Crippen LogP contribution in [0.5, 0.6) is 11.5 Å². The topological polar surface area (TPSA) is 78.3 Å². The minimum absolute atomic E-state index is 0.0581. The summed E-state index contributed by atoms with van der Waals surface area (Å²) in [5.74, 6) is 3.21. The molecule has 186 valence electrons. The van der Waals surface area contributed by atoms with E-state index in [0.29, 0.717) is 29.6 Å². The number of benzene rings is 3. The van der Waals surface area contributed by atoms with Crippen molar-refractivity contribution in [3.05, 3.63) is 83.9 Å². The van der Waals surface area contributed by atoms with Crippen LogP contribution < -0.4 is 14.8 Å². The van der Waals surface area contributed by atoms with Crippen LogP contribution in [-0.2, 0) is 5.75 Å². The third kappa shape index (κ3) is 6.07. The van der Waals surface area contributed by atoms with E-state index in [1.54, 1.807) is 26.0 Å². The van der Waals surface area contributed by atoms with Gasteiger partial charge in [-0.3, -0.25) is 9.36 Å². The highest BCUT2D eigenvalue weighted by Gasteiger charge is 2.17. The lowest BCUT2D eigenvalue weighted by atomic mass is 10.1. The normalized spacial score (nSPS) is 10.9. The zero-order chi connectivity index (χ0) is 25.5. The number of rotatable bonds is 10. The fourth-order valence-corrected chi connectivity index (χ4v) is 4.52. The van der Waals surface area contributed by atoms with Gasteiger partial charge in [-0.25, -0.2) is 0 Å². The zero-order valence-electron chi connectivity index (χ0n) is 20.9. The van der Waals surface area contributed by atoms with Crippen molar-refractivity contribution in [3.63, 3.8) is 0 Å². The van der Waals surface area contributed by atoms with Crippen molar-refractivity contribution in [2.24, 2.45) is 5.92 Å². The molecule has 4 aromatic rings. The fourth-order valence-electron chi connectivity index (χ4n) is 3.63. The lowest BCUT2D eigenvalue weighted by Gasteiger charge is -2.12. The molecule has 1 heterocycles. The van der Waals surface area contributed by atoms with Crippen LogP contribution in [0, 0.1) is 5.92 Å². The average molecular weight is 503 g/mol. The molecular weight excluding hydrogens is 472 g/mol. The summed E-state index contributed by atoms with van der Waals surface area (Å²) in [5.41, 5.74) is 3.50. The average Bonchev–Trinajstić information content (AvgIpc) is 3.34. The molecule has 0 aliphatic rings. The first-order chi connectivity index (χ1) is 17.5. The fraction of sp³-hybridized carbons (Fsp3) is 0.250. The van der Waals surface area contributed by atoms with E-state index in [0.717, 1.165) is 33.5 Å². The lowest BCUT2D eigenvalue weighted by Crippen LogP contribution is -2.27. The molecule has 3 aromatic carbocycles. The third-order valence-corrected chi connectivity index (χ3v) is 6.52. The van der Waals surface area contributed by atoms with Gasteiger partial charge in [0.05, 0.1) is 14.2 Å². The molecule has 0 radical (unpaired) electrons. The maximum absolute atomic E-state index is 12.5. The van der Waals surface area contributed by atoms with Gasteiger partial charge in [-0.15, -0.1) is 10.2 Å². The molecule has 0 saturated carbocycles. The van der Waals surface area contributed by atoms with Crippen molar-refractivity contribution in [1.29, 1.82) is 0 Å². The predicted molar refractivity (Wildman–Crippen MR) is 143 cm³/mol. The molecule has 0 aliphatic heterocycles. The van der Waals surface area contributed by atoms with E-state index < -0.39 is 0 Å². The second-order valence-electron chi connectivity index (χ2n) is 8.66. The van der Waals surface area contributed by atoms with Crippen molar-refractivity contribution in [3.8, 4) is 28.6 Å². The van der Waals surface area contributed by atoms with E-state index in [1.165, 1.54) is 0 Å². The molecule has 4 rings (SSSR count). The van der Waals surface area contributed by atoms with Crippen molar-refractivity contribution in [2.75, 3.05) is 20.8 Å². The molecule has 0 spiro atoms. The molecule has 0 fully saturated rings. The van der Waals surface area contributed by atoms with Gasteiger partial charge in [-0.05, 0) is 60.0 Å². The van der Waals surface area contributed by atoms with Crippen molar-refractivity contribution in [2.45, 2.75) is 24.8 Å². The molecule has 0 bridgehead atoms. The number of amides is 1. The molecule has 8 heteroatoms. The number of thioether (sulfide) groups is 1. The highest BCUT2D eigenvalue weighted by molar-refractivity contribution is 7.98. The summed E-state index contributed by atoms with van der Waals surface area (Å²) in [5, 5.41) is 12.8. The number of methoxy groups -OCH3 is 2. The molecule has 1 aromatic heterocycles. The summed E-state index contributed by atoms with van der Waals surface area (Å²) in [4.78, 5) is 12.5. The van der Waals surface area contributed by atoms with Crippen LogP contribution >= 0.6 is 11.8 Å². The Hall–Kier alpha value is -3.78. The van der Waals surface area contributed by atoms with Crippen LogP contribution in [0.4, 0.5) is 0 Å². The van der Waals surface area contributed by atoms with Crippen LogP contribution in [0.2, 0.25) is 0 Å². The number of aromatic nitrogens is 3. The smallest absolute Gasteiger partial charge is 0.251 e. The van der Waals surface area contributed by atoms with Gasteiger partial charge in [0.15, 0.2) is 11.0 Å². The van der Waals surface area contributed by atoms with Gasteiger partial charge in [0.2, 0.25) is 0 Å². The Bertz CT molecular complexity index is 1320. The molecule has 36 heavy (non-hydrogen) atoms. The maximum atomic E-state index is 12.5. The second kappa shape index (κ2) is 11.8. The molecule has 0 saturated heterocycles. The van der Waals surface area contributed by atoms with Crippen LogP contribution in [0.25, 0.3) is 17.1 Å². The van der Waals surface area contributed by atoms with E-state index in [2.05, 4.69) is 29.4 Å². The van der Waals surface area contributed by atoms with E-state index in [1.807, 2.05) is 77.4 Å². The van der Waals surface area contributed by atoms with Crippen molar-refractivity contribution < 1.29 is 14.3 Å². The Labute approximate surface area is 215 Å². The molecule has 0 atom stereocenters. The Morgan fingerprint density at radius 1 is 0.944 bits per heavy atom. The van der Waals surface area contributed by atoms with E-state index in [9.17, 15) is 4.79 Å². The predicted octanol–water partition coefficient (Wildman–Crippen LogP) is 5.63. The van der Waals surface area contributed by atoms with Gasteiger partial charge < -0.3 is 14.8 Å².